The molecule has 0 spiro atoms. The lowest BCUT2D eigenvalue weighted by atomic mass is 9.98. The normalized spacial score (nSPS) is 26.8. The standard InChI is InChI=1S/C19H26N2O3/c1-13-8-17-18(24-7-6-23-17)9-16(13)19(22)21-11-14-4-3-5-15(12-21)20(2)10-14/h8-9,14-15H,3-7,10-12H2,1-2H3/t14-,15-/m0/s1. The fraction of sp³-hybridized carbons (Fsp3) is 0.632. The van der Waals surface area contributed by atoms with Crippen molar-refractivity contribution in [1.82, 2.24) is 9.80 Å². The first kappa shape index (κ1) is 15.8. The molecule has 2 bridgehead atoms. The summed E-state index contributed by atoms with van der Waals surface area (Å²) in [5.41, 5.74) is 1.72. The molecule has 1 aromatic carbocycles. The molecule has 0 radical (unpaired) electrons. The second kappa shape index (κ2) is 6.28. The van der Waals surface area contributed by atoms with Crippen molar-refractivity contribution in [3.63, 3.8) is 0 Å². The average molecular weight is 330 g/mol. The molecule has 4 rings (SSSR count). The van der Waals surface area contributed by atoms with Crippen molar-refractivity contribution in [3.8, 4) is 11.5 Å². The molecule has 1 amide bonds. The first-order valence-electron chi connectivity index (χ1n) is 9.01. The topological polar surface area (TPSA) is 42.0 Å². The third-order valence-corrected chi connectivity index (χ3v) is 5.64. The van der Waals surface area contributed by atoms with Crippen LogP contribution in [0.1, 0.15) is 35.2 Å². The van der Waals surface area contributed by atoms with Crippen molar-refractivity contribution >= 4 is 5.91 Å². The number of carbonyl (C=O) groups is 1. The maximum absolute atomic E-state index is 13.2. The van der Waals surface area contributed by atoms with Gasteiger partial charge >= 0.3 is 0 Å². The summed E-state index contributed by atoms with van der Waals surface area (Å²) in [6.45, 7) is 5.90. The highest BCUT2D eigenvalue weighted by Gasteiger charge is 2.33. The number of aryl methyl sites for hydroxylation is 1. The predicted octanol–water partition coefficient (Wildman–Crippen LogP) is 2.32. The summed E-state index contributed by atoms with van der Waals surface area (Å²) < 4.78 is 11.3. The van der Waals surface area contributed by atoms with Crippen LogP contribution in [0.25, 0.3) is 0 Å². The van der Waals surface area contributed by atoms with Gasteiger partial charge in [0.2, 0.25) is 0 Å². The molecular weight excluding hydrogens is 304 g/mol. The molecule has 3 heterocycles. The van der Waals surface area contributed by atoms with Gasteiger partial charge in [0.1, 0.15) is 13.2 Å². The Morgan fingerprint density at radius 3 is 2.62 bits per heavy atom. The van der Waals surface area contributed by atoms with Gasteiger partial charge in [-0.25, -0.2) is 0 Å². The van der Waals surface area contributed by atoms with E-state index in [1.807, 2.05) is 19.1 Å². The van der Waals surface area contributed by atoms with Gasteiger partial charge in [-0.1, -0.05) is 6.42 Å². The molecule has 5 nitrogen and oxygen atoms in total. The second-order valence-corrected chi connectivity index (χ2v) is 7.41. The van der Waals surface area contributed by atoms with E-state index in [0.717, 1.165) is 36.5 Å². The lowest BCUT2D eigenvalue weighted by molar-refractivity contribution is 0.0708. The minimum absolute atomic E-state index is 0.136. The zero-order valence-electron chi connectivity index (χ0n) is 14.6. The van der Waals surface area contributed by atoms with Crippen LogP contribution >= 0.6 is 0 Å². The average Bonchev–Trinajstić information content (AvgIpc) is 2.82. The summed E-state index contributed by atoms with van der Waals surface area (Å²) in [7, 11) is 2.20. The van der Waals surface area contributed by atoms with E-state index in [0.29, 0.717) is 30.9 Å². The summed E-state index contributed by atoms with van der Waals surface area (Å²) in [4.78, 5) is 17.7. The summed E-state index contributed by atoms with van der Waals surface area (Å²) in [6.07, 6.45) is 3.70. The van der Waals surface area contributed by atoms with Crippen LogP contribution in [0.5, 0.6) is 11.5 Å². The lowest BCUT2D eigenvalue weighted by Crippen LogP contribution is -2.42. The van der Waals surface area contributed by atoms with Gasteiger partial charge in [0, 0.05) is 31.2 Å². The summed E-state index contributed by atoms with van der Waals surface area (Å²) >= 11 is 0. The highest BCUT2D eigenvalue weighted by Crippen LogP contribution is 2.34. The number of ether oxygens (including phenoxy) is 2. The Morgan fingerprint density at radius 1 is 1.08 bits per heavy atom. The molecule has 0 unspecified atom stereocenters. The van der Waals surface area contributed by atoms with E-state index < -0.39 is 0 Å². The number of nitrogens with zero attached hydrogens (tertiary/aromatic N) is 2. The minimum atomic E-state index is 0.136. The van der Waals surface area contributed by atoms with Gasteiger partial charge in [0.25, 0.3) is 5.91 Å². The summed E-state index contributed by atoms with van der Waals surface area (Å²) in [6, 6.07) is 4.29. The van der Waals surface area contributed by atoms with E-state index in [9.17, 15) is 4.79 Å². The molecule has 0 aliphatic carbocycles. The van der Waals surface area contributed by atoms with Gasteiger partial charge < -0.3 is 19.3 Å². The predicted molar refractivity (Wildman–Crippen MR) is 91.8 cm³/mol. The Morgan fingerprint density at radius 2 is 1.83 bits per heavy atom. The molecule has 0 aromatic heterocycles. The molecule has 2 atom stereocenters. The van der Waals surface area contributed by atoms with Crippen LogP contribution in [0, 0.1) is 12.8 Å². The molecule has 2 saturated heterocycles. The van der Waals surface area contributed by atoms with Crippen LogP contribution in [0.15, 0.2) is 12.1 Å². The van der Waals surface area contributed by atoms with E-state index in [2.05, 4.69) is 16.8 Å². The molecule has 0 N–H and O–H groups in total. The Labute approximate surface area is 143 Å². The minimum Gasteiger partial charge on any atom is -0.486 e. The molecular formula is C19H26N2O3. The van der Waals surface area contributed by atoms with Crippen molar-refractivity contribution in [2.24, 2.45) is 5.92 Å². The Hall–Kier alpha value is -1.75. The Bertz CT molecular complexity index is 646. The maximum atomic E-state index is 13.2. The highest BCUT2D eigenvalue weighted by atomic mass is 16.6. The van der Waals surface area contributed by atoms with E-state index in [1.165, 1.54) is 19.3 Å². The molecule has 5 heteroatoms. The summed E-state index contributed by atoms with van der Waals surface area (Å²) in [5.74, 6) is 2.17. The van der Waals surface area contributed by atoms with Gasteiger partial charge in [0.15, 0.2) is 11.5 Å². The van der Waals surface area contributed by atoms with E-state index in [1.54, 1.807) is 0 Å². The van der Waals surface area contributed by atoms with Gasteiger partial charge in [-0.15, -0.1) is 0 Å². The molecule has 0 saturated carbocycles. The van der Waals surface area contributed by atoms with E-state index >= 15 is 0 Å². The SMILES string of the molecule is Cc1cc2c(cc1C(=O)N1C[C@H]3CCC[C@@H](C1)N(C)C3)OCCO2. The molecule has 1 aromatic rings. The molecule has 3 aliphatic rings. The third-order valence-electron chi connectivity index (χ3n) is 5.64. The van der Waals surface area contributed by atoms with E-state index in [-0.39, 0.29) is 5.91 Å². The lowest BCUT2D eigenvalue weighted by Gasteiger charge is -2.30. The van der Waals surface area contributed by atoms with Crippen molar-refractivity contribution in [2.75, 3.05) is 39.9 Å². The number of amides is 1. The van der Waals surface area contributed by atoms with E-state index in [4.69, 9.17) is 9.47 Å². The van der Waals surface area contributed by atoms with Crippen molar-refractivity contribution < 1.29 is 14.3 Å². The first-order chi connectivity index (χ1) is 11.6. The third kappa shape index (κ3) is 2.86. The Balaban J connectivity index is 1.61. The number of fused-ring (bicyclic) bond motifs is 4. The number of benzene rings is 1. The zero-order valence-corrected chi connectivity index (χ0v) is 14.6. The number of likely N-dealkylation sites (N-methyl/N-ethyl adjacent to an activating group) is 1. The quantitative estimate of drug-likeness (QED) is 0.792. The van der Waals surface area contributed by atoms with Gasteiger partial charge in [-0.2, -0.15) is 0 Å². The monoisotopic (exact) mass is 330 g/mol. The number of likely N-dealkylation sites (tertiary alicyclic amines) is 1. The van der Waals surface area contributed by atoms with Crippen LogP contribution in [-0.2, 0) is 0 Å². The van der Waals surface area contributed by atoms with Crippen molar-refractivity contribution in [2.45, 2.75) is 32.2 Å². The van der Waals surface area contributed by atoms with Crippen LogP contribution in [0.2, 0.25) is 0 Å². The van der Waals surface area contributed by atoms with Crippen LogP contribution < -0.4 is 9.47 Å². The molecule has 24 heavy (non-hydrogen) atoms. The number of hydrogen-bond donors (Lipinski definition) is 0. The molecule has 3 aliphatic heterocycles. The van der Waals surface area contributed by atoms with Gasteiger partial charge in [-0.3, -0.25) is 4.79 Å². The molecule has 2 fully saturated rings. The number of hydrogen-bond acceptors (Lipinski definition) is 4. The fourth-order valence-corrected chi connectivity index (χ4v) is 4.29. The number of rotatable bonds is 1. The van der Waals surface area contributed by atoms with Crippen molar-refractivity contribution in [1.29, 1.82) is 0 Å². The second-order valence-electron chi connectivity index (χ2n) is 7.41. The van der Waals surface area contributed by atoms with Crippen molar-refractivity contribution in [3.05, 3.63) is 23.3 Å². The number of carbonyl (C=O) groups excluding carboxylic acids is 1. The fourth-order valence-electron chi connectivity index (χ4n) is 4.29. The Kier molecular flexibility index (Phi) is 4.12. The smallest absolute Gasteiger partial charge is 0.254 e. The van der Waals surface area contributed by atoms with Crippen LogP contribution in [0.4, 0.5) is 0 Å². The van der Waals surface area contributed by atoms with Crippen LogP contribution in [-0.4, -0.2) is 61.6 Å². The zero-order chi connectivity index (χ0) is 16.7. The summed E-state index contributed by atoms with van der Waals surface area (Å²) in [5, 5.41) is 0. The van der Waals surface area contributed by atoms with Crippen LogP contribution in [0.3, 0.4) is 0 Å². The highest BCUT2D eigenvalue weighted by molar-refractivity contribution is 5.96. The largest absolute Gasteiger partial charge is 0.486 e. The molecule has 130 valence electrons. The maximum Gasteiger partial charge on any atom is 0.254 e. The van der Waals surface area contributed by atoms with Gasteiger partial charge in [0.05, 0.1) is 0 Å². The van der Waals surface area contributed by atoms with Gasteiger partial charge in [-0.05, 0) is 50.4 Å². The first-order valence-corrected chi connectivity index (χ1v) is 9.01.